The third-order valence-electron chi connectivity index (χ3n) is 5.67. The molecule has 0 aliphatic carbocycles. The third kappa shape index (κ3) is 3.29. The minimum absolute atomic E-state index is 0.0117. The first-order valence-corrected chi connectivity index (χ1v) is 8.84. The first-order valence-electron chi connectivity index (χ1n) is 8.84. The van der Waals surface area contributed by atoms with E-state index in [2.05, 4.69) is 19.2 Å². The largest absolute Gasteiger partial charge is 0.378 e. The lowest BCUT2D eigenvalue weighted by Gasteiger charge is -2.43. The number of rotatable bonds is 5. The lowest BCUT2D eigenvalue weighted by Crippen LogP contribution is -2.51. The van der Waals surface area contributed by atoms with Crippen LogP contribution in [0.25, 0.3) is 0 Å². The molecule has 5 atom stereocenters. The minimum atomic E-state index is 0.0117. The van der Waals surface area contributed by atoms with Gasteiger partial charge in [0.05, 0.1) is 18.3 Å². The molecule has 21 heavy (non-hydrogen) atoms. The molecular formula is C17H31NO3. The summed E-state index contributed by atoms with van der Waals surface area (Å²) in [6.07, 6.45) is 6.17. The molecule has 0 bridgehead atoms. The molecule has 0 aromatic carbocycles. The SMILES string of the molecule is CCNC(C1CCOC2(CCOC2)C1)C1CCOC1CC. The van der Waals surface area contributed by atoms with Crippen LogP contribution >= 0.6 is 0 Å². The highest BCUT2D eigenvalue weighted by atomic mass is 16.6. The zero-order chi connectivity index (χ0) is 14.7. The van der Waals surface area contributed by atoms with E-state index in [1.807, 2.05) is 0 Å². The van der Waals surface area contributed by atoms with Gasteiger partial charge in [-0.2, -0.15) is 0 Å². The van der Waals surface area contributed by atoms with E-state index in [1.165, 1.54) is 12.8 Å². The van der Waals surface area contributed by atoms with Gasteiger partial charge in [0.1, 0.15) is 0 Å². The maximum absolute atomic E-state index is 6.12. The van der Waals surface area contributed by atoms with Crippen molar-refractivity contribution in [2.45, 2.75) is 63.7 Å². The number of hydrogen-bond acceptors (Lipinski definition) is 4. The van der Waals surface area contributed by atoms with Crippen LogP contribution < -0.4 is 5.32 Å². The molecular weight excluding hydrogens is 266 g/mol. The highest BCUT2D eigenvalue weighted by Gasteiger charge is 2.46. The van der Waals surface area contributed by atoms with Crippen molar-refractivity contribution in [1.29, 1.82) is 0 Å². The fourth-order valence-electron chi connectivity index (χ4n) is 4.64. The lowest BCUT2D eigenvalue weighted by atomic mass is 9.75. The van der Waals surface area contributed by atoms with Crippen molar-refractivity contribution in [1.82, 2.24) is 5.32 Å². The summed E-state index contributed by atoms with van der Waals surface area (Å²) >= 11 is 0. The van der Waals surface area contributed by atoms with Crippen LogP contribution in [0.5, 0.6) is 0 Å². The molecule has 0 saturated carbocycles. The van der Waals surface area contributed by atoms with Crippen molar-refractivity contribution in [2.75, 3.05) is 33.0 Å². The Hall–Kier alpha value is -0.160. The van der Waals surface area contributed by atoms with E-state index in [-0.39, 0.29) is 5.60 Å². The predicted molar refractivity (Wildman–Crippen MR) is 82.4 cm³/mol. The van der Waals surface area contributed by atoms with Crippen molar-refractivity contribution < 1.29 is 14.2 Å². The van der Waals surface area contributed by atoms with Crippen molar-refractivity contribution in [3.05, 3.63) is 0 Å². The minimum Gasteiger partial charge on any atom is -0.378 e. The average molecular weight is 297 g/mol. The van der Waals surface area contributed by atoms with Gasteiger partial charge >= 0.3 is 0 Å². The summed E-state index contributed by atoms with van der Waals surface area (Å²) in [7, 11) is 0. The smallest absolute Gasteiger partial charge is 0.0939 e. The highest BCUT2D eigenvalue weighted by molar-refractivity contribution is 4.97. The Morgan fingerprint density at radius 3 is 2.81 bits per heavy atom. The Kier molecular flexibility index (Phi) is 5.20. The van der Waals surface area contributed by atoms with Gasteiger partial charge in [0.25, 0.3) is 0 Å². The van der Waals surface area contributed by atoms with Gasteiger partial charge in [-0.05, 0) is 38.1 Å². The van der Waals surface area contributed by atoms with Gasteiger partial charge in [0.2, 0.25) is 0 Å². The van der Waals surface area contributed by atoms with Crippen molar-refractivity contribution in [3.63, 3.8) is 0 Å². The topological polar surface area (TPSA) is 39.7 Å². The molecule has 0 radical (unpaired) electrons. The molecule has 3 fully saturated rings. The Morgan fingerprint density at radius 1 is 1.19 bits per heavy atom. The summed E-state index contributed by atoms with van der Waals surface area (Å²) in [5.74, 6) is 1.36. The number of hydrogen-bond donors (Lipinski definition) is 1. The first kappa shape index (κ1) is 15.7. The van der Waals surface area contributed by atoms with E-state index in [9.17, 15) is 0 Å². The molecule has 0 aromatic rings. The lowest BCUT2D eigenvalue weighted by molar-refractivity contribution is -0.107. The zero-order valence-corrected chi connectivity index (χ0v) is 13.6. The molecule has 3 heterocycles. The second-order valence-corrected chi connectivity index (χ2v) is 6.94. The van der Waals surface area contributed by atoms with Crippen LogP contribution in [0.4, 0.5) is 0 Å². The van der Waals surface area contributed by atoms with Gasteiger partial charge in [0, 0.05) is 38.2 Å². The molecule has 3 aliphatic rings. The van der Waals surface area contributed by atoms with Crippen LogP contribution in [-0.4, -0.2) is 50.7 Å². The van der Waals surface area contributed by atoms with Gasteiger partial charge in [-0.3, -0.25) is 0 Å². The average Bonchev–Trinajstić information content (AvgIpc) is 3.14. The molecule has 3 saturated heterocycles. The van der Waals surface area contributed by atoms with E-state index in [0.29, 0.717) is 24.0 Å². The standard InChI is InChI=1S/C17H31NO3/c1-3-15-14(6-8-20-15)16(18-4-2)13-5-9-21-17(11-13)7-10-19-12-17/h13-16,18H,3-12H2,1-2H3. The zero-order valence-electron chi connectivity index (χ0n) is 13.6. The van der Waals surface area contributed by atoms with Crippen LogP contribution in [0.15, 0.2) is 0 Å². The molecule has 1 spiro atoms. The van der Waals surface area contributed by atoms with E-state index >= 15 is 0 Å². The van der Waals surface area contributed by atoms with Gasteiger partial charge in [-0.15, -0.1) is 0 Å². The Balaban J connectivity index is 1.70. The van der Waals surface area contributed by atoms with E-state index < -0.39 is 0 Å². The normalized spacial score (nSPS) is 41.7. The van der Waals surface area contributed by atoms with E-state index in [0.717, 1.165) is 52.2 Å². The van der Waals surface area contributed by atoms with Crippen LogP contribution in [-0.2, 0) is 14.2 Å². The first-order chi connectivity index (χ1) is 10.3. The summed E-state index contributed by atoms with van der Waals surface area (Å²) in [5.41, 5.74) is 0.0117. The molecule has 3 aliphatic heterocycles. The second kappa shape index (κ2) is 6.95. The van der Waals surface area contributed by atoms with Gasteiger partial charge < -0.3 is 19.5 Å². The van der Waals surface area contributed by atoms with Crippen molar-refractivity contribution in [2.24, 2.45) is 11.8 Å². The van der Waals surface area contributed by atoms with Crippen LogP contribution in [0.1, 0.15) is 46.0 Å². The van der Waals surface area contributed by atoms with E-state index in [4.69, 9.17) is 14.2 Å². The summed E-state index contributed by atoms with van der Waals surface area (Å²) in [5, 5.41) is 3.79. The van der Waals surface area contributed by atoms with Crippen LogP contribution in [0.2, 0.25) is 0 Å². The third-order valence-corrected chi connectivity index (χ3v) is 5.67. The number of nitrogens with one attached hydrogen (secondary N) is 1. The quantitative estimate of drug-likeness (QED) is 0.845. The number of ether oxygens (including phenoxy) is 3. The highest BCUT2D eigenvalue weighted by Crippen LogP contribution is 2.40. The molecule has 4 heteroatoms. The maximum atomic E-state index is 6.12. The van der Waals surface area contributed by atoms with Crippen molar-refractivity contribution >= 4 is 0 Å². The molecule has 0 aromatic heterocycles. The summed E-state index contributed by atoms with van der Waals surface area (Å²) in [4.78, 5) is 0. The predicted octanol–water partition coefficient (Wildman–Crippen LogP) is 2.37. The summed E-state index contributed by atoms with van der Waals surface area (Å²) in [6, 6.07) is 0.573. The Morgan fingerprint density at radius 2 is 2.10 bits per heavy atom. The molecule has 5 unspecified atom stereocenters. The molecule has 4 nitrogen and oxygen atoms in total. The molecule has 122 valence electrons. The fraction of sp³-hybridized carbons (Fsp3) is 1.00. The van der Waals surface area contributed by atoms with Crippen molar-refractivity contribution in [3.8, 4) is 0 Å². The Labute approximate surface area is 128 Å². The second-order valence-electron chi connectivity index (χ2n) is 6.94. The fourth-order valence-corrected chi connectivity index (χ4v) is 4.64. The molecule has 0 amide bonds. The van der Waals surface area contributed by atoms with Gasteiger partial charge in [-0.25, -0.2) is 0 Å². The molecule has 3 rings (SSSR count). The van der Waals surface area contributed by atoms with E-state index in [1.54, 1.807) is 0 Å². The van der Waals surface area contributed by atoms with Crippen LogP contribution in [0, 0.1) is 11.8 Å². The van der Waals surface area contributed by atoms with Gasteiger partial charge in [-0.1, -0.05) is 13.8 Å². The molecule has 1 N–H and O–H groups in total. The maximum Gasteiger partial charge on any atom is 0.0939 e. The van der Waals surface area contributed by atoms with Gasteiger partial charge in [0.15, 0.2) is 0 Å². The monoisotopic (exact) mass is 297 g/mol. The summed E-state index contributed by atoms with van der Waals surface area (Å²) in [6.45, 7) is 8.99. The Bertz CT molecular complexity index is 330. The van der Waals surface area contributed by atoms with Crippen LogP contribution in [0.3, 0.4) is 0 Å². The summed E-state index contributed by atoms with van der Waals surface area (Å²) < 4.78 is 17.7.